The van der Waals surface area contributed by atoms with E-state index in [2.05, 4.69) is 4.98 Å². The zero-order valence-corrected chi connectivity index (χ0v) is 10.3. The van der Waals surface area contributed by atoms with E-state index < -0.39 is 5.91 Å². The number of rotatable bonds is 4. The van der Waals surface area contributed by atoms with Gasteiger partial charge in [-0.2, -0.15) is 0 Å². The number of pyridine rings is 1. The number of primary amides is 1. The summed E-state index contributed by atoms with van der Waals surface area (Å²) < 4.78 is 5.48. The maximum Gasteiger partial charge on any atom is 0.254 e. The van der Waals surface area contributed by atoms with Gasteiger partial charge in [-0.3, -0.25) is 9.59 Å². The quantitative estimate of drug-likeness (QED) is 0.850. The van der Waals surface area contributed by atoms with Gasteiger partial charge < -0.3 is 10.5 Å². The van der Waals surface area contributed by atoms with Gasteiger partial charge >= 0.3 is 0 Å². The van der Waals surface area contributed by atoms with Gasteiger partial charge in [-0.15, -0.1) is 0 Å². The molecule has 5 heteroatoms. The Bertz CT molecular complexity index is 621. The number of hydrogen-bond acceptors (Lipinski definition) is 4. The molecule has 1 heterocycles. The monoisotopic (exact) mass is 256 g/mol. The molecule has 0 spiro atoms. The average Bonchev–Trinajstić information content (AvgIpc) is 2.39. The molecule has 1 amide bonds. The zero-order valence-electron chi connectivity index (χ0n) is 10.3. The average molecular weight is 256 g/mol. The molecule has 0 saturated carbocycles. The molecule has 0 aliphatic carbocycles. The molecule has 1 aromatic carbocycles. The van der Waals surface area contributed by atoms with Crippen LogP contribution in [0.2, 0.25) is 0 Å². The van der Waals surface area contributed by atoms with E-state index in [0.717, 1.165) is 0 Å². The Hall–Kier alpha value is -2.69. The fourth-order valence-electron chi connectivity index (χ4n) is 1.53. The number of ether oxygens (including phenoxy) is 1. The van der Waals surface area contributed by atoms with E-state index in [0.29, 0.717) is 11.3 Å². The number of carbonyl (C=O) groups is 2. The Balaban J connectivity index is 2.26. The minimum absolute atomic E-state index is 0.0257. The molecule has 0 saturated heterocycles. The lowest BCUT2D eigenvalue weighted by atomic mass is 10.1. The van der Waals surface area contributed by atoms with Gasteiger partial charge in [-0.25, -0.2) is 4.98 Å². The number of aromatic nitrogens is 1. The van der Waals surface area contributed by atoms with E-state index in [1.54, 1.807) is 30.3 Å². The third-order valence-electron chi connectivity index (χ3n) is 2.51. The molecule has 0 aliphatic heterocycles. The highest BCUT2D eigenvalue weighted by Crippen LogP contribution is 2.22. The van der Waals surface area contributed by atoms with Gasteiger partial charge in [0.2, 0.25) is 5.88 Å². The molecule has 19 heavy (non-hydrogen) atoms. The molecule has 96 valence electrons. The van der Waals surface area contributed by atoms with Crippen LogP contribution >= 0.6 is 0 Å². The fourth-order valence-corrected chi connectivity index (χ4v) is 1.53. The molecule has 0 radical (unpaired) electrons. The van der Waals surface area contributed by atoms with Crippen molar-refractivity contribution in [3.05, 3.63) is 53.7 Å². The predicted molar refractivity (Wildman–Crippen MR) is 69.3 cm³/mol. The standard InChI is InChI=1S/C14H12N2O3/c1-9(17)10-4-6-11(7-5-10)19-14-12(13(15)18)3-2-8-16-14/h2-8H,1H3,(H2,15,18). The topological polar surface area (TPSA) is 82.3 Å². The summed E-state index contributed by atoms with van der Waals surface area (Å²) in [6.07, 6.45) is 1.51. The maximum atomic E-state index is 11.2. The van der Waals surface area contributed by atoms with Gasteiger partial charge in [0, 0.05) is 11.8 Å². The van der Waals surface area contributed by atoms with Crippen LogP contribution in [-0.4, -0.2) is 16.7 Å². The summed E-state index contributed by atoms with van der Waals surface area (Å²) in [5, 5.41) is 0. The van der Waals surface area contributed by atoms with Gasteiger partial charge in [-0.1, -0.05) is 0 Å². The number of Topliss-reactive ketones (excluding diaryl/α,β-unsaturated/α-hetero) is 1. The summed E-state index contributed by atoms with van der Waals surface area (Å²) in [5.74, 6) is -0.0116. The van der Waals surface area contributed by atoms with Gasteiger partial charge in [0.1, 0.15) is 11.3 Å². The molecule has 0 aliphatic rings. The van der Waals surface area contributed by atoms with Crippen LogP contribution in [0.1, 0.15) is 27.6 Å². The summed E-state index contributed by atoms with van der Waals surface area (Å²) in [6.45, 7) is 1.49. The molecule has 2 rings (SSSR count). The van der Waals surface area contributed by atoms with Crippen molar-refractivity contribution in [2.75, 3.05) is 0 Å². The first-order chi connectivity index (χ1) is 9.08. The molecular formula is C14H12N2O3. The Morgan fingerprint density at radius 2 is 1.84 bits per heavy atom. The molecule has 5 nitrogen and oxygen atoms in total. The number of benzene rings is 1. The fraction of sp³-hybridized carbons (Fsp3) is 0.0714. The SMILES string of the molecule is CC(=O)c1ccc(Oc2ncccc2C(N)=O)cc1. The third-order valence-corrected chi connectivity index (χ3v) is 2.51. The largest absolute Gasteiger partial charge is 0.438 e. The van der Waals surface area contributed by atoms with Crippen LogP contribution in [0.4, 0.5) is 0 Å². The lowest BCUT2D eigenvalue weighted by Crippen LogP contribution is -2.12. The van der Waals surface area contributed by atoms with Crippen molar-refractivity contribution in [3.8, 4) is 11.6 Å². The van der Waals surface area contributed by atoms with Crippen LogP contribution < -0.4 is 10.5 Å². The molecule has 0 atom stereocenters. The van der Waals surface area contributed by atoms with E-state index in [9.17, 15) is 9.59 Å². The second-order valence-corrected chi connectivity index (χ2v) is 3.90. The Kier molecular flexibility index (Phi) is 3.56. The molecule has 0 unspecified atom stereocenters. The van der Waals surface area contributed by atoms with Crippen LogP contribution in [-0.2, 0) is 0 Å². The summed E-state index contributed by atoms with van der Waals surface area (Å²) in [5.41, 5.74) is 6.02. The second-order valence-electron chi connectivity index (χ2n) is 3.90. The zero-order chi connectivity index (χ0) is 13.8. The maximum absolute atomic E-state index is 11.2. The molecular weight excluding hydrogens is 244 g/mol. The Morgan fingerprint density at radius 1 is 1.16 bits per heavy atom. The van der Waals surface area contributed by atoms with Gasteiger partial charge in [0.05, 0.1) is 0 Å². The van der Waals surface area contributed by atoms with Crippen molar-refractivity contribution in [1.29, 1.82) is 0 Å². The predicted octanol–water partition coefficient (Wildman–Crippen LogP) is 2.18. The minimum Gasteiger partial charge on any atom is -0.438 e. The van der Waals surface area contributed by atoms with Gasteiger partial charge in [-0.05, 0) is 43.3 Å². The van der Waals surface area contributed by atoms with Crippen molar-refractivity contribution >= 4 is 11.7 Å². The van der Waals surface area contributed by atoms with Crippen molar-refractivity contribution < 1.29 is 14.3 Å². The summed E-state index contributed by atoms with van der Waals surface area (Å²) in [4.78, 5) is 26.3. The summed E-state index contributed by atoms with van der Waals surface area (Å²) in [6, 6.07) is 9.70. The summed E-state index contributed by atoms with van der Waals surface area (Å²) >= 11 is 0. The van der Waals surface area contributed by atoms with E-state index in [4.69, 9.17) is 10.5 Å². The Morgan fingerprint density at radius 3 is 2.42 bits per heavy atom. The first-order valence-electron chi connectivity index (χ1n) is 5.61. The molecule has 2 N–H and O–H groups in total. The Labute approximate surface area is 110 Å². The molecule has 2 aromatic rings. The number of hydrogen-bond donors (Lipinski definition) is 1. The first-order valence-corrected chi connectivity index (χ1v) is 5.61. The van der Waals surface area contributed by atoms with E-state index in [-0.39, 0.29) is 17.2 Å². The number of carbonyl (C=O) groups excluding carboxylic acids is 2. The van der Waals surface area contributed by atoms with Crippen molar-refractivity contribution in [2.45, 2.75) is 6.92 Å². The van der Waals surface area contributed by atoms with E-state index in [1.807, 2.05) is 0 Å². The smallest absolute Gasteiger partial charge is 0.254 e. The highest BCUT2D eigenvalue weighted by Gasteiger charge is 2.11. The molecule has 1 aromatic heterocycles. The van der Waals surface area contributed by atoms with E-state index >= 15 is 0 Å². The highest BCUT2D eigenvalue weighted by molar-refractivity contribution is 5.95. The van der Waals surface area contributed by atoms with Crippen LogP contribution in [0, 0.1) is 0 Å². The number of nitrogens with two attached hydrogens (primary N) is 1. The van der Waals surface area contributed by atoms with Crippen LogP contribution in [0.15, 0.2) is 42.6 Å². The van der Waals surface area contributed by atoms with Gasteiger partial charge in [0.25, 0.3) is 5.91 Å². The van der Waals surface area contributed by atoms with Crippen LogP contribution in [0.5, 0.6) is 11.6 Å². The summed E-state index contributed by atoms with van der Waals surface area (Å²) in [7, 11) is 0. The lowest BCUT2D eigenvalue weighted by molar-refractivity contribution is 0.0994. The highest BCUT2D eigenvalue weighted by atomic mass is 16.5. The number of nitrogens with zero attached hydrogens (tertiary/aromatic N) is 1. The van der Waals surface area contributed by atoms with Crippen LogP contribution in [0.25, 0.3) is 0 Å². The normalized spacial score (nSPS) is 9.95. The second kappa shape index (κ2) is 5.30. The van der Waals surface area contributed by atoms with E-state index in [1.165, 1.54) is 19.2 Å². The van der Waals surface area contributed by atoms with Crippen molar-refractivity contribution in [2.24, 2.45) is 5.73 Å². The number of amides is 1. The van der Waals surface area contributed by atoms with Crippen molar-refractivity contribution in [3.63, 3.8) is 0 Å². The third kappa shape index (κ3) is 2.95. The number of ketones is 1. The lowest BCUT2D eigenvalue weighted by Gasteiger charge is -2.07. The minimum atomic E-state index is -0.608. The molecule has 0 bridgehead atoms. The van der Waals surface area contributed by atoms with Crippen LogP contribution in [0.3, 0.4) is 0 Å². The van der Waals surface area contributed by atoms with Crippen molar-refractivity contribution in [1.82, 2.24) is 4.98 Å². The van der Waals surface area contributed by atoms with Gasteiger partial charge in [0.15, 0.2) is 5.78 Å². The first kappa shape index (κ1) is 12.8. The molecule has 0 fully saturated rings.